The first-order chi connectivity index (χ1) is 21.4. The molecule has 1 aromatic heterocycles. The van der Waals surface area contributed by atoms with E-state index in [0.29, 0.717) is 35.3 Å². The molecule has 0 spiro atoms. The number of aliphatic hydroxyl groups is 2. The zero-order valence-electron chi connectivity index (χ0n) is 25.8. The lowest BCUT2D eigenvalue weighted by Crippen LogP contribution is -2.55. The van der Waals surface area contributed by atoms with Gasteiger partial charge < -0.3 is 34.3 Å². The van der Waals surface area contributed by atoms with Crippen molar-refractivity contribution in [1.82, 2.24) is 10.2 Å². The predicted octanol–water partition coefficient (Wildman–Crippen LogP) is 4.67. The number of benzene rings is 1. The molecular weight excluding hydrogens is 564 g/mol. The van der Waals surface area contributed by atoms with Crippen molar-refractivity contribution in [3.05, 3.63) is 59.1 Å². The molecule has 4 rings (SSSR count). The van der Waals surface area contributed by atoms with Gasteiger partial charge in [0.25, 0.3) is 0 Å². The van der Waals surface area contributed by atoms with E-state index in [1.807, 2.05) is 0 Å². The molecule has 2 aliphatic rings. The average Bonchev–Trinajstić information content (AvgIpc) is 3.70. The van der Waals surface area contributed by atoms with E-state index in [0.717, 1.165) is 31.2 Å². The van der Waals surface area contributed by atoms with Crippen LogP contribution in [0.15, 0.2) is 46.8 Å². The summed E-state index contributed by atoms with van der Waals surface area (Å²) in [5.41, 5.74) is 1.93. The van der Waals surface area contributed by atoms with Crippen LogP contribution >= 0.6 is 0 Å². The van der Waals surface area contributed by atoms with Gasteiger partial charge in [-0.25, -0.2) is 0 Å². The van der Waals surface area contributed by atoms with Crippen LogP contribution in [0.3, 0.4) is 0 Å². The lowest BCUT2D eigenvalue weighted by atomic mass is 9.77. The largest absolute Gasteiger partial charge is 0.493 e. The van der Waals surface area contributed by atoms with Crippen molar-refractivity contribution in [3.8, 4) is 11.5 Å². The number of rotatable bonds is 18. The highest BCUT2D eigenvalue weighted by molar-refractivity contribution is 5.96. The molecule has 1 aliphatic heterocycles. The number of fused-ring (bicyclic) bond motifs is 3. The van der Waals surface area contributed by atoms with Gasteiger partial charge in [-0.2, -0.15) is 0 Å². The van der Waals surface area contributed by atoms with Crippen LogP contribution in [-0.4, -0.2) is 71.7 Å². The average molecular weight is 611 g/mol. The Kier molecular flexibility index (Phi) is 12.4. The van der Waals surface area contributed by atoms with Crippen molar-refractivity contribution in [2.24, 2.45) is 0 Å². The molecule has 10 nitrogen and oxygen atoms in total. The molecule has 4 atom stereocenters. The molecule has 10 heteroatoms. The topological polar surface area (TPSA) is 139 Å². The van der Waals surface area contributed by atoms with Crippen LogP contribution in [-0.2, 0) is 16.1 Å². The summed E-state index contributed by atoms with van der Waals surface area (Å²) < 4.78 is 17.0. The number of nitrogens with one attached hydrogen (secondary N) is 1. The Morgan fingerprint density at radius 1 is 1.09 bits per heavy atom. The highest BCUT2D eigenvalue weighted by Crippen LogP contribution is 2.51. The second-order valence-electron chi connectivity index (χ2n) is 11.6. The predicted molar refractivity (Wildman–Crippen MR) is 165 cm³/mol. The van der Waals surface area contributed by atoms with E-state index in [1.54, 1.807) is 35.4 Å². The summed E-state index contributed by atoms with van der Waals surface area (Å²) in [5, 5.41) is 23.9. The standard InChI is InChI=1S/C34H46N2O8/c1-3-4-5-6-7-8-9-10-11-12-29(39)36(20-23-13-16-43-22-23)27-19-26(34(41)35-14-15-37)30-25-17-24(21-38)18-28(42-2)32(25)44-33(30)31(27)40/h13,16-19,21-22,27,30-31,33,37,40H,3-12,14-15,20H2,1-2H3,(H,35,41). The Morgan fingerprint density at radius 2 is 1.82 bits per heavy atom. The first kappa shape index (κ1) is 33.3. The van der Waals surface area contributed by atoms with Crippen LogP contribution in [0, 0.1) is 0 Å². The molecule has 1 aliphatic carbocycles. The van der Waals surface area contributed by atoms with E-state index in [9.17, 15) is 24.6 Å². The Hall–Kier alpha value is -3.63. The number of hydrogen-bond acceptors (Lipinski definition) is 8. The molecule has 0 saturated heterocycles. The molecular formula is C34H46N2O8. The molecule has 2 aromatic rings. The van der Waals surface area contributed by atoms with Crippen molar-refractivity contribution in [3.63, 3.8) is 0 Å². The number of unbranched alkanes of at least 4 members (excludes halogenated alkanes) is 8. The van der Waals surface area contributed by atoms with Gasteiger partial charge in [-0.15, -0.1) is 0 Å². The molecule has 1 aromatic carbocycles. The van der Waals surface area contributed by atoms with Gasteiger partial charge in [-0.1, -0.05) is 58.3 Å². The first-order valence-corrected chi connectivity index (χ1v) is 15.9. The lowest BCUT2D eigenvalue weighted by Gasteiger charge is -2.40. The van der Waals surface area contributed by atoms with Gasteiger partial charge in [0.2, 0.25) is 11.8 Å². The summed E-state index contributed by atoms with van der Waals surface area (Å²) in [6.45, 7) is 2.17. The Labute approximate surface area is 259 Å². The molecule has 2 heterocycles. The maximum atomic E-state index is 13.8. The van der Waals surface area contributed by atoms with E-state index in [2.05, 4.69) is 12.2 Å². The minimum Gasteiger partial charge on any atom is -0.493 e. The number of amides is 2. The number of hydrogen-bond donors (Lipinski definition) is 3. The number of nitrogens with zero attached hydrogens (tertiary/aromatic N) is 1. The van der Waals surface area contributed by atoms with Crippen LogP contribution in [0.1, 0.15) is 98.5 Å². The molecule has 0 bridgehead atoms. The summed E-state index contributed by atoms with van der Waals surface area (Å²) in [5.74, 6) is -0.649. The van der Waals surface area contributed by atoms with Crippen molar-refractivity contribution in [2.75, 3.05) is 20.3 Å². The SMILES string of the molecule is CCCCCCCCCCCC(=O)N(Cc1ccoc1)C1C=C(C(=O)NCCO)C2c3cc(C=O)cc(OC)c3OC2C1O. The highest BCUT2D eigenvalue weighted by atomic mass is 16.5. The van der Waals surface area contributed by atoms with E-state index in [1.165, 1.54) is 45.5 Å². The zero-order valence-corrected chi connectivity index (χ0v) is 25.8. The van der Waals surface area contributed by atoms with E-state index < -0.39 is 30.1 Å². The quantitative estimate of drug-likeness (QED) is 0.164. The van der Waals surface area contributed by atoms with Crippen molar-refractivity contribution in [1.29, 1.82) is 0 Å². The normalized spacial score (nSPS) is 20.2. The number of carbonyl (C=O) groups excluding carboxylic acids is 3. The Bertz CT molecular complexity index is 1270. The third-order valence-electron chi connectivity index (χ3n) is 8.52. The van der Waals surface area contributed by atoms with Crippen LogP contribution in [0.2, 0.25) is 0 Å². The maximum absolute atomic E-state index is 13.8. The number of aliphatic hydroxyl groups excluding tert-OH is 2. The van der Waals surface area contributed by atoms with Gasteiger partial charge in [0.1, 0.15) is 18.5 Å². The smallest absolute Gasteiger partial charge is 0.247 e. The molecule has 3 N–H and O–H groups in total. The van der Waals surface area contributed by atoms with Crippen LogP contribution < -0.4 is 14.8 Å². The van der Waals surface area contributed by atoms with E-state index in [-0.39, 0.29) is 31.2 Å². The Morgan fingerprint density at radius 3 is 2.45 bits per heavy atom. The number of furan rings is 1. The molecule has 0 saturated carbocycles. The first-order valence-electron chi connectivity index (χ1n) is 15.9. The molecule has 240 valence electrons. The summed E-state index contributed by atoms with van der Waals surface area (Å²) in [6.07, 6.45) is 13.8. The summed E-state index contributed by atoms with van der Waals surface area (Å²) >= 11 is 0. The van der Waals surface area contributed by atoms with E-state index >= 15 is 0 Å². The van der Waals surface area contributed by atoms with Crippen molar-refractivity contribution in [2.45, 2.75) is 102 Å². The zero-order chi connectivity index (χ0) is 31.5. The summed E-state index contributed by atoms with van der Waals surface area (Å²) in [6, 6.07) is 4.07. The number of carbonyl (C=O) groups is 3. The lowest BCUT2D eigenvalue weighted by molar-refractivity contribution is -0.138. The minimum absolute atomic E-state index is 0.0302. The van der Waals surface area contributed by atoms with Gasteiger partial charge in [0, 0.05) is 41.8 Å². The van der Waals surface area contributed by atoms with Crippen molar-refractivity contribution >= 4 is 18.1 Å². The van der Waals surface area contributed by atoms with Gasteiger partial charge >= 0.3 is 0 Å². The fourth-order valence-electron chi connectivity index (χ4n) is 6.23. The monoisotopic (exact) mass is 610 g/mol. The highest BCUT2D eigenvalue weighted by Gasteiger charge is 2.51. The van der Waals surface area contributed by atoms with Crippen LogP contribution in [0.4, 0.5) is 0 Å². The van der Waals surface area contributed by atoms with E-state index in [4.69, 9.17) is 13.9 Å². The third kappa shape index (κ3) is 7.90. The van der Waals surface area contributed by atoms with Crippen LogP contribution in [0.25, 0.3) is 0 Å². The summed E-state index contributed by atoms with van der Waals surface area (Å²) in [4.78, 5) is 40.6. The summed E-state index contributed by atoms with van der Waals surface area (Å²) in [7, 11) is 1.46. The van der Waals surface area contributed by atoms with Gasteiger partial charge in [0.05, 0.1) is 38.2 Å². The second kappa shape index (κ2) is 16.4. The minimum atomic E-state index is -1.19. The maximum Gasteiger partial charge on any atom is 0.247 e. The van der Waals surface area contributed by atoms with Crippen LogP contribution in [0.5, 0.6) is 11.5 Å². The fraction of sp³-hybridized carbons (Fsp3) is 0.559. The number of methoxy groups -OCH3 is 1. The molecule has 4 unspecified atom stereocenters. The molecule has 2 amide bonds. The van der Waals surface area contributed by atoms with Gasteiger partial charge in [0.15, 0.2) is 11.5 Å². The van der Waals surface area contributed by atoms with Gasteiger partial charge in [-0.05, 0) is 30.7 Å². The van der Waals surface area contributed by atoms with Gasteiger partial charge in [-0.3, -0.25) is 14.4 Å². The number of aldehydes is 1. The Balaban J connectivity index is 1.59. The second-order valence-corrected chi connectivity index (χ2v) is 11.6. The molecule has 44 heavy (non-hydrogen) atoms. The third-order valence-corrected chi connectivity index (χ3v) is 8.52. The number of ether oxygens (including phenoxy) is 2. The van der Waals surface area contributed by atoms with Crippen molar-refractivity contribution < 1.29 is 38.5 Å². The molecule has 0 fully saturated rings. The molecule has 0 radical (unpaired) electrons. The fourth-order valence-corrected chi connectivity index (χ4v) is 6.23.